The SMILES string of the molecule is O=C1[C@H]2CCC[C@@H]1[C@@]1(O)CCCC[C@H]1[C@H]2c1ccccc1. The molecule has 3 aliphatic carbocycles. The fourth-order valence-corrected chi connectivity index (χ4v) is 5.49. The summed E-state index contributed by atoms with van der Waals surface area (Å²) in [5.41, 5.74) is 0.536. The van der Waals surface area contributed by atoms with E-state index in [0.717, 1.165) is 38.5 Å². The average molecular weight is 284 g/mol. The zero-order valence-electron chi connectivity index (χ0n) is 12.5. The zero-order chi connectivity index (χ0) is 14.4. The van der Waals surface area contributed by atoms with E-state index in [9.17, 15) is 9.90 Å². The summed E-state index contributed by atoms with van der Waals surface area (Å²) in [5.74, 6) is 0.939. The van der Waals surface area contributed by atoms with Crippen LogP contribution in [0.5, 0.6) is 0 Å². The molecule has 0 saturated heterocycles. The maximum atomic E-state index is 12.9. The van der Waals surface area contributed by atoms with Gasteiger partial charge in [-0.2, -0.15) is 0 Å². The van der Waals surface area contributed by atoms with Gasteiger partial charge in [0.15, 0.2) is 0 Å². The molecule has 1 N–H and O–H groups in total. The highest BCUT2D eigenvalue weighted by atomic mass is 16.3. The summed E-state index contributed by atoms with van der Waals surface area (Å²) < 4.78 is 0. The predicted molar refractivity (Wildman–Crippen MR) is 81.9 cm³/mol. The first kappa shape index (κ1) is 13.5. The van der Waals surface area contributed by atoms with Gasteiger partial charge < -0.3 is 5.11 Å². The number of fused-ring (bicyclic) bond motifs is 4. The van der Waals surface area contributed by atoms with E-state index in [1.165, 1.54) is 12.0 Å². The second kappa shape index (κ2) is 4.95. The fourth-order valence-electron chi connectivity index (χ4n) is 5.49. The maximum Gasteiger partial charge on any atom is 0.142 e. The number of hydrogen-bond donors (Lipinski definition) is 1. The van der Waals surface area contributed by atoms with Crippen LogP contribution in [-0.2, 0) is 4.79 Å². The van der Waals surface area contributed by atoms with Gasteiger partial charge in [0.1, 0.15) is 5.78 Å². The monoisotopic (exact) mass is 284 g/mol. The predicted octanol–water partition coefficient (Wildman–Crippen LogP) is 3.69. The Labute approximate surface area is 126 Å². The van der Waals surface area contributed by atoms with Crippen molar-refractivity contribution in [2.45, 2.75) is 56.5 Å². The molecule has 0 spiro atoms. The van der Waals surface area contributed by atoms with Crippen LogP contribution in [0.15, 0.2) is 30.3 Å². The minimum absolute atomic E-state index is 0.0819. The van der Waals surface area contributed by atoms with Gasteiger partial charge in [-0.1, -0.05) is 49.6 Å². The van der Waals surface area contributed by atoms with Gasteiger partial charge >= 0.3 is 0 Å². The summed E-state index contributed by atoms with van der Waals surface area (Å²) in [6.07, 6.45) is 7.19. The molecule has 0 aromatic heterocycles. The maximum absolute atomic E-state index is 12.9. The Hall–Kier alpha value is -1.15. The molecule has 0 unspecified atom stereocenters. The molecule has 3 aliphatic rings. The first-order chi connectivity index (χ1) is 10.2. The normalized spacial score (nSPS) is 42.4. The van der Waals surface area contributed by atoms with E-state index in [1.54, 1.807) is 0 Å². The molecule has 0 heterocycles. The van der Waals surface area contributed by atoms with E-state index in [1.807, 2.05) is 6.07 Å². The van der Waals surface area contributed by atoms with E-state index < -0.39 is 5.60 Å². The number of carbonyl (C=O) groups excluding carboxylic acids is 1. The van der Waals surface area contributed by atoms with Gasteiger partial charge in [0.2, 0.25) is 0 Å². The van der Waals surface area contributed by atoms with Crippen molar-refractivity contribution in [2.75, 3.05) is 0 Å². The summed E-state index contributed by atoms with van der Waals surface area (Å²) >= 11 is 0. The van der Waals surface area contributed by atoms with Gasteiger partial charge in [-0.3, -0.25) is 4.79 Å². The number of rotatable bonds is 1. The van der Waals surface area contributed by atoms with Crippen molar-refractivity contribution in [1.29, 1.82) is 0 Å². The molecule has 1 aromatic rings. The van der Waals surface area contributed by atoms with E-state index in [0.29, 0.717) is 5.78 Å². The van der Waals surface area contributed by atoms with E-state index in [-0.39, 0.29) is 23.7 Å². The van der Waals surface area contributed by atoms with Gasteiger partial charge in [0, 0.05) is 11.8 Å². The van der Waals surface area contributed by atoms with Gasteiger partial charge in [-0.15, -0.1) is 0 Å². The molecule has 5 atom stereocenters. The van der Waals surface area contributed by atoms with Gasteiger partial charge in [0.25, 0.3) is 0 Å². The number of benzene rings is 1. The first-order valence-electron chi connectivity index (χ1n) is 8.53. The average Bonchev–Trinajstić information content (AvgIpc) is 2.50. The van der Waals surface area contributed by atoms with Crippen molar-refractivity contribution in [2.24, 2.45) is 17.8 Å². The van der Waals surface area contributed by atoms with Crippen LogP contribution in [0.3, 0.4) is 0 Å². The zero-order valence-corrected chi connectivity index (χ0v) is 12.5. The summed E-state index contributed by atoms with van der Waals surface area (Å²) in [6, 6.07) is 10.5. The van der Waals surface area contributed by atoms with Gasteiger partial charge in [-0.25, -0.2) is 0 Å². The molecule has 0 aliphatic heterocycles. The Morgan fingerprint density at radius 3 is 2.62 bits per heavy atom. The van der Waals surface area contributed by atoms with Crippen LogP contribution in [-0.4, -0.2) is 16.5 Å². The summed E-state index contributed by atoms with van der Waals surface area (Å²) in [5, 5.41) is 11.4. The topological polar surface area (TPSA) is 37.3 Å². The van der Waals surface area contributed by atoms with Crippen LogP contribution in [0.25, 0.3) is 0 Å². The molecular weight excluding hydrogens is 260 g/mol. The molecule has 4 rings (SSSR count). The van der Waals surface area contributed by atoms with Crippen molar-refractivity contribution < 1.29 is 9.90 Å². The van der Waals surface area contributed by atoms with Crippen LogP contribution < -0.4 is 0 Å². The minimum Gasteiger partial charge on any atom is -0.389 e. The van der Waals surface area contributed by atoms with Crippen LogP contribution in [0, 0.1) is 17.8 Å². The lowest BCUT2D eigenvalue weighted by Gasteiger charge is -2.56. The number of Topliss-reactive ketones (excluding diaryl/α,β-unsaturated/α-hetero) is 1. The third-order valence-electron chi connectivity index (χ3n) is 6.36. The molecule has 112 valence electrons. The Kier molecular flexibility index (Phi) is 3.18. The highest BCUT2D eigenvalue weighted by Gasteiger charge is 2.59. The molecule has 21 heavy (non-hydrogen) atoms. The molecule has 2 heteroatoms. The Balaban J connectivity index is 1.82. The molecule has 2 nitrogen and oxygen atoms in total. The number of ketones is 1. The number of hydrogen-bond acceptors (Lipinski definition) is 2. The second-order valence-corrected chi connectivity index (χ2v) is 7.27. The third-order valence-corrected chi connectivity index (χ3v) is 6.36. The molecule has 0 radical (unpaired) electrons. The van der Waals surface area contributed by atoms with Crippen molar-refractivity contribution >= 4 is 5.78 Å². The molecule has 3 saturated carbocycles. The second-order valence-electron chi connectivity index (χ2n) is 7.27. The highest BCUT2D eigenvalue weighted by Crippen LogP contribution is 2.57. The molecule has 1 aromatic carbocycles. The van der Waals surface area contributed by atoms with E-state index in [4.69, 9.17) is 0 Å². The smallest absolute Gasteiger partial charge is 0.142 e. The Morgan fingerprint density at radius 2 is 1.81 bits per heavy atom. The summed E-state index contributed by atoms with van der Waals surface area (Å²) in [4.78, 5) is 12.9. The highest BCUT2D eigenvalue weighted by molar-refractivity contribution is 5.87. The van der Waals surface area contributed by atoms with Crippen molar-refractivity contribution in [3.8, 4) is 0 Å². The van der Waals surface area contributed by atoms with E-state index >= 15 is 0 Å². The molecular formula is C19H24O2. The first-order valence-corrected chi connectivity index (χ1v) is 8.53. The Morgan fingerprint density at radius 1 is 1.00 bits per heavy atom. The number of carbonyl (C=O) groups is 1. The van der Waals surface area contributed by atoms with Crippen molar-refractivity contribution in [3.05, 3.63) is 35.9 Å². The van der Waals surface area contributed by atoms with Crippen LogP contribution in [0.1, 0.15) is 56.4 Å². The summed E-state index contributed by atoms with van der Waals surface area (Å²) in [7, 11) is 0. The fraction of sp³-hybridized carbons (Fsp3) is 0.632. The Bertz CT molecular complexity index is 538. The lowest BCUT2D eigenvalue weighted by molar-refractivity contribution is -0.172. The molecule has 3 fully saturated rings. The van der Waals surface area contributed by atoms with Crippen molar-refractivity contribution in [3.63, 3.8) is 0 Å². The van der Waals surface area contributed by atoms with Crippen LogP contribution in [0.4, 0.5) is 0 Å². The van der Waals surface area contributed by atoms with Gasteiger partial charge in [0.05, 0.1) is 5.60 Å². The van der Waals surface area contributed by atoms with E-state index in [2.05, 4.69) is 24.3 Å². The van der Waals surface area contributed by atoms with Gasteiger partial charge in [-0.05, 0) is 43.1 Å². The standard InChI is InChI=1S/C19H24O2/c20-18-14-9-6-11-16(18)19(21)12-5-4-10-15(19)17(14)13-7-2-1-3-8-13/h1-3,7-8,14-17,21H,4-6,9-12H2/t14-,15-,16-,17-,19+/m0/s1. The van der Waals surface area contributed by atoms with Crippen LogP contribution in [0.2, 0.25) is 0 Å². The lowest BCUT2D eigenvalue weighted by Crippen LogP contribution is -2.60. The lowest BCUT2D eigenvalue weighted by atomic mass is 9.49. The molecule has 0 amide bonds. The van der Waals surface area contributed by atoms with Crippen molar-refractivity contribution in [1.82, 2.24) is 0 Å². The molecule has 2 bridgehead atoms. The summed E-state index contributed by atoms with van der Waals surface area (Å²) in [6.45, 7) is 0. The minimum atomic E-state index is -0.729. The largest absolute Gasteiger partial charge is 0.389 e. The third kappa shape index (κ3) is 1.92. The number of aliphatic hydroxyl groups is 1. The quantitative estimate of drug-likeness (QED) is 0.854. The van der Waals surface area contributed by atoms with Crippen LogP contribution >= 0.6 is 0 Å².